The molecule has 2 aromatic heterocycles. The van der Waals surface area contributed by atoms with E-state index in [1.54, 1.807) is 6.92 Å². The van der Waals surface area contributed by atoms with Crippen molar-refractivity contribution in [1.29, 1.82) is 0 Å². The number of anilines is 1. The number of oxazole rings is 1. The molecule has 0 unspecified atom stereocenters. The van der Waals surface area contributed by atoms with Gasteiger partial charge in [-0.15, -0.1) is 0 Å². The van der Waals surface area contributed by atoms with E-state index in [0.29, 0.717) is 18.9 Å². The van der Waals surface area contributed by atoms with Crippen LogP contribution in [0.1, 0.15) is 26.7 Å². The van der Waals surface area contributed by atoms with Gasteiger partial charge < -0.3 is 19.0 Å². The van der Waals surface area contributed by atoms with Gasteiger partial charge in [0.2, 0.25) is 0 Å². The van der Waals surface area contributed by atoms with Gasteiger partial charge in [-0.3, -0.25) is 14.9 Å². The molecule has 0 bridgehead atoms. The maximum absolute atomic E-state index is 11.8. The molecular formula is C12H14N4O5. The van der Waals surface area contributed by atoms with Crippen LogP contribution in [-0.2, 0) is 4.74 Å². The first kappa shape index (κ1) is 14.7. The van der Waals surface area contributed by atoms with Gasteiger partial charge in [0.05, 0.1) is 6.61 Å². The summed E-state index contributed by atoms with van der Waals surface area (Å²) in [6.07, 6.45) is 1.14. The van der Waals surface area contributed by atoms with Crippen LogP contribution >= 0.6 is 0 Å². The number of nitrogens with one attached hydrogen (secondary N) is 2. The van der Waals surface area contributed by atoms with Gasteiger partial charge in [-0.2, -0.15) is 4.98 Å². The minimum Gasteiger partial charge on any atom is -0.431 e. The van der Waals surface area contributed by atoms with Gasteiger partial charge >= 0.3 is 6.01 Å². The fraction of sp³-hybridized carbons (Fsp3) is 0.333. The van der Waals surface area contributed by atoms with Crippen molar-refractivity contribution in [2.45, 2.75) is 6.92 Å². The third kappa shape index (κ3) is 3.89. The molecular weight excluding hydrogens is 280 g/mol. The van der Waals surface area contributed by atoms with Gasteiger partial charge in [-0.05, 0) is 6.92 Å². The molecule has 2 aromatic rings. The molecule has 0 atom stereocenters. The van der Waals surface area contributed by atoms with Crippen LogP contribution in [0.2, 0.25) is 0 Å². The number of methoxy groups -OCH3 is 1. The van der Waals surface area contributed by atoms with Gasteiger partial charge in [-0.1, -0.05) is 5.16 Å². The second kappa shape index (κ2) is 6.66. The van der Waals surface area contributed by atoms with Gasteiger partial charge in [-0.25, -0.2) is 0 Å². The Bertz CT molecular complexity index is 633. The first-order chi connectivity index (χ1) is 10.1. The van der Waals surface area contributed by atoms with Gasteiger partial charge in [0.1, 0.15) is 12.0 Å². The molecule has 2 N–H and O–H groups in total. The van der Waals surface area contributed by atoms with Crippen molar-refractivity contribution in [3.05, 3.63) is 29.5 Å². The van der Waals surface area contributed by atoms with Gasteiger partial charge in [0.25, 0.3) is 11.8 Å². The SMILES string of the molecule is COCCNC(=O)c1coc(NC(=O)c2cc(C)on2)n1. The summed E-state index contributed by atoms with van der Waals surface area (Å²) in [5, 5.41) is 8.50. The number of hydrogen-bond donors (Lipinski definition) is 2. The van der Waals surface area contributed by atoms with Crippen LogP contribution in [0.3, 0.4) is 0 Å². The van der Waals surface area contributed by atoms with E-state index < -0.39 is 11.8 Å². The molecule has 0 spiro atoms. The van der Waals surface area contributed by atoms with E-state index in [4.69, 9.17) is 13.7 Å². The molecule has 112 valence electrons. The normalized spacial score (nSPS) is 10.4. The minimum absolute atomic E-state index is 0.0535. The molecule has 0 aliphatic heterocycles. The molecule has 0 radical (unpaired) electrons. The lowest BCUT2D eigenvalue weighted by Gasteiger charge is -2.00. The summed E-state index contributed by atoms with van der Waals surface area (Å²) in [7, 11) is 1.53. The van der Waals surface area contributed by atoms with Gasteiger partial charge in [0, 0.05) is 19.7 Å². The Labute approximate surface area is 119 Å². The highest BCUT2D eigenvalue weighted by Gasteiger charge is 2.16. The molecule has 0 saturated carbocycles. The fourth-order valence-electron chi connectivity index (χ4n) is 1.43. The van der Waals surface area contributed by atoms with E-state index in [2.05, 4.69) is 20.8 Å². The van der Waals surface area contributed by atoms with Crippen molar-refractivity contribution in [3.8, 4) is 0 Å². The molecule has 9 nitrogen and oxygen atoms in total. The standard InChI is InChI=1S/C12H14N4O5/c1-7-5-8(16-21-7)11(18)15-12-14-9(6-20-12)10(17)13-3-4-19-2/h5-6H,3-4H2,1-2H3,(H,13,17)(H,14,15,18). The number of carbonyl (C=O) groups excluding carboxylic acids is 2. The number of aromatic nitrogens is 2. The van der Waals surface area contributed by atoms with E-state index in [9.17, 15) is 9.59 Å². The number of rotatable bonds is 6. The first-order valence-corrected chi connectivity index (χ1v) is 6.07. The Balaban J connectivity index is 1.93. The van der Waals surface area contributed by atoms with Gasteiger partial charge in [0.15, 0.2) is 11.4 Å². The summed E-state index contributed by atoms with van der Waals surface area (Å²) in [5.74, 6) is -0.459. The zero-order valence-electron chi connectivity index (χ0n) is 11.5. The molecule has 0 aliphatic carbocycles. The summed E-state index contributed by atoms with van der Waals surface area (Å²) in [4.78, 5) is 27.3. The summed E-state index contributed by atoms with van der Waals surface area (Å²) in [6, 6.07) is 1.37. The van der Waals surface area contributed by atoms with E-state index in [1.165, 1.54) is 13.2 Å². The Morgan fingerprint density at radius 2 is 2.14 bits per heavy atom. The minimum atomic E-state index is -0.542. The van der Waals surface area contributed by atoms with Crippen LogP contribution in [0.5, 0.6) is 0 Å². The van der Waals surface area contributed by atoms with Crippen LogP contribution in [0.4, 0.5) is 6.01 Å². The lowest BCUT2D eigenvalue weighted by molar-refractivity contribution is 0.0931. The summed E-state index contributed by atoms with van der Waals surface area (Å²) in [6.45, 7) is 2.40. The topological polar surface area (TPSA) is 119 Å². The van der Waals surface area contributed by atoms with Crippen LogP contribution < -0.4 is 10.6 Å². The van der Waals surface area contributed by atoms with Crippen LogP contribution in [-0.4, -0.2) is 42.2 Å². The highest BCUT2D eigenvalue weighted by Crippen LogP contribution is 2.10. The van der Waals surface area contributed by atoms with Crippen LogP contribution in [0.25, 0.3) is 0 Å². The second-order valence-electron chi connectivity index (χ2n) is 4.06. The number of amides is 2. The van der Waals surface area contributed by atoms with Crippen molar-refractivity contribution in [2.75, 3.05) is 25.6 Å². The van der Waals surface area contributed by atoms with E-state index in [0.717, 1.165) is 6.26 Å². The Hall–Kier alpha value is -2.68. The lowest BCUT2D eigenvalue weighted by Crippen LogP contribution is -2.27. The van der Waals surface area contributed by atoms with E-state index in [1.807, 2.05) is 0 Å². The molecule has 0 saturated heterocycles. The van der Waals surface area contributed by atoms with E-state index in [-0.39, 0.29) is 17.4 Å². The Morgan fingerprint density at radius 3 is 2.81 bits per heavy atom. The van der Waals surface area contributed by atoms with Crippen LogP contribution in [0, 0.1) is 6.92 Å². The van der Waals surface area contributed by atoms with Crippen molar-refractivity contribution in [3.63, 3.8) is 0 Å². The zero-order valence-corrected chi connectivity index (χ0v) is 11.5. The molecule has 0 fully saturated rings. The lowest BCUT2D eigenvalue weighted by atomic mass is 10.3. The predicted molar refractivity (Wildman–Crippen MR) is 69.9 cm³/mol. The highest BCUT2D eigenvalue weighted by molar-refractivity contribution is 6.02. The van der Waals surface area contributed by atoms with E-state index >= 15 is 0 Å². The summed E-state index contributed by atoms with van der Waals surface area (Å²) >= 11 is 0. The molecule has 9 heteroatoms. The molecule has 2 amide bonds. The molecule has 0 aliphatic rings. The Kier molecular flexibility index (Phi) is 4.67. The molecule has 2 heterocycles. The number of hydrogen-bond acceptors (Lipinski definition) is 7. The fourth-order valence-corrected chi connectivity index (χ4v) is 1.43. The monoisotopic (exact) mass is 294 g/mol. The largest absolute Gasteiger partial charge is 0.431 e. The summed E-state index contributed by atoms with van der Waals surface area (Å²) in [5.41, 5.74) is 0.148. The number of carbonyl (C=O) groups is 2. The smallest absolute Gasteiger partial charge is 0.302 e. The van der Waals surface area contributed by atoms with Crippen molar-refractivity contribution >= 4 is 17.8 Å². The summed E-state index contributed by atoms with van der Waals surface area (Å²) < 4.78 is 14.6. The molecule has 21 heavy (non-hydrogen) atoms. The number of nitrogens with zero attached hydrogens (tertiary/aromatic N) is 2. The third-order valence-corrected chi connectivity index (χ3v) is 2.41. The predicted octanol–water partition coefficient (Wildman–Crippen LogP) is 0.600. The average Bonchev–Trinajstić information content (AvgIpc) is 3.08. The highest BCUT2D eigenvalue weighted by atomic mass is 16.5. The van der Waals surface area contributed by atoms with Crippen molar-refractivity contribution < 1.29 is 23.3 Å². The maximum atomic E-state index is 11.8. The molecule has 2 rings (SSSR count). The third-order valence-electron chi connectivity index (χ3n) is 2.41. The number of aryl methyl sites for hydroxylation is 1. The van der Waals surface area contributed by atoms with Crippen molar-refractivity contribution in [1.82, 2.24) is 15.5 Å². The van der Waals surface area contributed by atoms with Crippen LogP contribution in [0.15, 0.2) is 21.3 Å². The Morgan fingerprint density at radius 1 is 1.33 bits per heavy atom. The number of ether oxygens (including phenoxy) is 1. The quantitative estimate of drug-likeness (QED) is 0.748. The van der Waals surface area contributed by atoms with Crippen molar-refractivity contribution in [2.24, 2.45) is 0 Å². The average molecular weight is 294 g/mol. The first-order valence-electron chi connectivity index (χ1n) is 6.07. The zero-order chi connectivity index (χ0) is 15.2. The maximum Gasteiger partial charge on any atom is 0.302 e. The molecule has 0 aromatic carbocycles. The second-order valence-corrected chi connectivity index (χ2v) is 4.06.